The Morgan fingerprint density at radius 3 is 2.55 bits per heavy atom. The molecule has 6 heteroatoms. The van der Waals surface area contributed by atoms with Gasteiger partial charge in [0.15, 0.2) is 0 Å². The van der Waals surface area contributed by atoms with Crippen LogP contribution in [0.1, 0.15) is 6.92 Å². The lowest BCUT2D eigenvalue weighted by Crippen LogP contribution is -2.31. The average Bonchev–Trinajstić information content (AvgIpc) is 2.80. The van der Waals surface area contributed by atoms with Gasteiger partial charge in [0.05, 0.1) is 11.7 Å². The molecule has 0 aliphatic carbocycles. The standard InChI is InChI=1S/C14H16BrNO3S/c1-9-6-16(7-12(9)14(18)19)13(17)8-20-11-4-2-10(15)3-5-11/h2-5,9,12H,6-8H2,1H3,(H,18,19)/t9-,12-/m1/s1. The largest absolute Gasteiger partial charge is 0.481 e. The average molecular weight is 358 g/mol. The number of rotatable bonds is 4. The number of thioether (sulfide) groups is 1. The highest BCUT2D eigenvalue weighted by atomic mass is 79.9. The van der Waals surface area contributed by atoms with Crippen LogP contribution in [0.4, 0.5) is 0 Å². The van der Waals surface area contributed by atoms with Crippen LogP contribution in [0.3, 0.4) is 0 Å². The molecular weight excluding hydrogens is 342 g/mol. The number of carbonyl (C=O) groups excluding carboxylic acids is 1. The Morgan fingerprint density at radius 2 is 2.00 bits per heavy atom. The summed E-state index contributed by atoms with van der Waals surface area (Å²) in [5, 5.41) is 9.07. The Hall–Kier alpha value is -1.01. The highest BCUT2D eigenvalue weighted by Gasteiger charge is 2.36. The second kappa shape index (κ2) is 6.63. The highest BCUT2D eigenvalue weighted by Crippen LogP contribution is 2.25. The van der Waals surface area contributed by atoms with Crippen molar-refractivity contribution in [3.05, 3.63) is 28.7 Å². The van der Waals surface area contributed by atoms with Gasteiger partial charge in [0.2, 0.25) is 5.91 Å². The lowest BCUT2D eigenvalue weighted by Gasteiger charge is -2.15. The van der Waals surface area contributed by atoms with E-state index in [9.17, 15) is 9.59 Å². The molecule has 1 aliphatic heterocycles. The van der Waals surface area contributed by atoms with E-state index in [4.69, 9.17) is 5.11 Å². The molecule has 1 aromatic carbocycles. The van der Waals surface area contributed by atoms with E-state index >= 15 is 0 Å². The van der Waals surface area contributed by atoms with Crippen LogP contribution >= 0.6 is 27.7 Å². The number of nitrogens with zero attached hydrogens (tertiary/aromatic N) is 1. The Kier molecular flexibility index (Phi) is 5.10. The first-order chi connectivity index (χ1) is 9.47. The number of carboxylic acid groups (broad SMARTS) is 1. The van der Waals surface area contributed by atoms with Crippen LogP contribution in [0.25, 0.3) is 0 Å². The van der Waals surface area contributed by atoms with Gasteiger partial charge in [-0.05, 0) is 30.2 Å². The number of carbonyl (C=O) groups is 2. The summed E-state index contributed by atoms with van der Waals surface area (Å²) in [6.45, 7) is 2.75. The van der Waals surface area contributed by atoms with Gasteiger partial charge >= 0.3 is 5.97 Å². The van der Waals surface area contributed by atoms with Crippen molar-refractivity contribution in [1.29, 1.82) is 0 Å². The third-order valence-corrected chi connectivity index (χ3v) is 4.98. The summed E-state index contributed by atoms with van der Waals surface area (Å²) >= 11 is 4.84. The van der Waals surface area contributed by atoms with Gasteiger partial charge in [-0.3, -0.25) is 9.59 Å². The minimum absolute atomic E-state index is 0.00789. The summed E-state index contributed by atoms with van der Waals surface area (Å²) in [5.74, 6) is -0.867. The van der Waals surface area contributed by atoms with Gasteiger partial charge in [-0.2, -0.15) is 0 Å². The molecule has 0 aromatic heterocycles. The second-order valence-corrected chi connectivity index (χ2v) is 6.93. The van der Waals surface area contributed by atoms with Crippen molar-refractivity contribution in [1.82, 2.24) is 4.90 Å². The van der Waals surface area contributed by atoms with Crippen LogP contribution in [0, 0.1) is 11.8 Å². The molecule has 1 fully saturated rings. The molecule has 108 valence electrons. The molecule has 2 atom stereocenters. The van der Waals surface area contributed by atoms with Gasteiger partial charge in [-0.25, -0.2) is 0 Å². The first-order valence-corrected chi connectivity index (χ1v) is 8.14. The predicted octanol–water partition coefficient (Wildman–Crippen LogP) is 2.72. The van der Waals surface area contributed by atoms with Gasteiger partial charge < -0.3 is 10.0 Å². The Labute approximate surface area is 130 Å². The summed E-state index contributed by atoms with van der Waals surface area (Å²) in [4.78, 5) is 25.8. The number of likely N-dealkylation sites (tertiary alicyclic amines) is 1. The van der Waals surface area contributed by atoms with Crippen LogP contribution in [0.5, 0.6) is 0 Å². The molecule has 2 rings (SSSR count). The van der Waals surface area contributed by atoms with Gasteiger partial charge in [-0.1, -0.05) is 22.9 Å². The smallest absolute Gasteiger partial charge is 0.308 e. The van der Waals surface area contributed by atoms with Crippen molar-refractivity contribution in [3.63, 3.8) is 0 Å². The minimum Gasteiger partial charge on any atom is -0.481 e. The van der Waals surface area contributed by atoms with Crippen LogP contribution < -0.4 is 0 Å². The summed E-state index contributed by atoms with van der Waals surface area (Å²) in [7, 11) is 0. The van der Waals surface area contributed by atoms with Crippen LogP contribution in [0.2, 0.25) is 0 Å². The fourth-order valence-electron chi connectivity index (χ4n) is 2.26. The Bertz CT molecular complexity index is 506. The number of benzene rings is 1. The van der Waals surface area contributed by atoms with E-state index in [2.05, 4.69) is 15.9 Å². The van der Waals surface area contributed by atoms with Crippen molar-refractivity contribution in [3.8, 4) is 0 Å². The molecule has 0 radical (unpaired) electrons. The number of carboxylic acids is 1. The van der Waals surface area contributed by atoms with Crippen molar-refractivity contribution < 1.29 is 14.7 Å². The summed E-state index contributed by atoms with van der Waals surface area (Å²) in [6.07, 6.45) is 0. The molecule has 1 saturated heterocycles. The SMILES string of the molecule is C[C@@H]1CN(C(=O)CSc2ccc(Br)cc2)C[C@H]1C(=O)O. The number of halogens is 1. The third-order valence-electron chi connectivity index (χ3n) is 3.46. The molecule has 0 saturated carbocycles. The molecule has 1 aliphatic rings. The van der Waals surface area contributed by atoms with Crippen molar-refractivity contribution in [2.24, 2.45) is 11.8 Å². The van der Waals surface area contributed by atoms with Crippen molar-refractivity contribution in [2.45, 2.75) is 11.8 Å². The zero-order valence-electron chi connectivity index (χ0n) is 11.1. The van der Waals surface area contributed by atoms with E-state index in [1.165, 1.54) is 11.8 Å². The highest BCUT2D eigenvalue weighted by molar-refractivity contribution is 9.10. The zero-order valence-corrected chi connectivity index (χ0v) is 13.5. The molecule has 1 aromatic rings. The quantitative estimate of drug-likeness (QED) is 0.841. The number of hydrogen-bond acceptors (Lipinski definition) is 3. The minimum atomic E-state index is -0.812. The van der Waals surface area contributed by atoms with Crippen LogP contribution in [-0.4, -0.2) is 40.7 Å². The molecule has 0 spiro atoms. The molecule has 1 N–H and O–H groups in total. The molecule has 0 bridgehead atoms. The number of aliphatic carboxylic acids is 1. The normalized spacial score (nSPS) is 22.0. The predicted molar refractivity (Wildman–Crippen MR) is 81.7 cm³/mol. The first kappa shape index (κ1) is 15.4. The summed E-state index contributed by atoms with van der Waals surface area (Å²) < 4.78 is 1.01. The summed E-state index contributed by atoms with van der Waals surface area (Å²) in [5.41, 5.74) is 0. The lowest BCUT2D eigenvalue weighted by molar-refractivity contribution is -0.142. The van der Waals surface area contributed by atoms with E-state index in [0.29, 0.717) is 18.8 Å². The van der Waals surface area contributed by atoms with Crippen molar-refractivity contribution >= 4 is 39.6 Å². The molecule has 1 amide bonds. The maximum atomic E-state index is 12.1. The topological polar surface area (TPSA) is 57.6 Å². The lowest BCUT2D eigenvalue weighted by atomic mass is 9.99. The fraction of sp³-hybridized carbons (Fsp3) is 0.429. The molecule has 20 heavy (non-hydrogen) atoms. The second-order valence-electron chi connectivity index (χ2n) is 4.96. The molecular formula is C14H16BrNO3S. The van der Waals surface area contributed by atoms with Gasteiger partial charge in [0.25, 0.3) is 0 Å². The van der Waals surface area contributed by atoms with Gasteiger partial charge in [0, 0.05) is 22.5 Å². The Morgan fingerprint density at radius 1 is 1.35 bits per heavy atom. The molecule has 4 nitrogen and oxygen atoms in total. The van der Waals surface area contributed by atoms with E-state index < -0.39 is 11.9 Å². The Balaban J connectivity index is 1.87. The van der Waals surface area contributed by atoms with Crippen molar-refractivity contribution in [2.75, 3.05) is 18.8 Å². The molecule has 1 heterocycles. The monoisotopic (exact) mass is 357 g/mol. The molecule has 0 unspecified atom stereocenters. The maximum absolute atomic E-state index is 12.1. The van der Waals surface area contributed by atoms with Gasteiger partial charge in [-0.15, -0.1) is 11.8 Å². The fourth-order valence-corrected chi connectivity index (χ4v) is 3.32. The summed E-state index contributed by atoms with van der Waals surface area (Å²) in [6, 6.07) is 7.78. The number of amides is 1. The van der Waals surface area contributed by atoms with E-state index in [0.717, 1.165) is 9.37 Å². The third kappa shape index (κ3) is 3.76. The number of hydrogen-bond donors (Lipinski definition) is 1. The maximum Gasteiger partial charge on any atom is 0.308 e. The van der Waals surface area contributed by atoms with Gasteiger partial charge in [0.1, 0.15) is 0 Å². The first-order valence-electron chi connectivity index (χ1n) is 6.36. The van der Waals surface area contributed by atoms with E-state index in [1.807, 2.05) is 31.2 Å². The van der Waals surface area contributed by atoms with Crippen LogP contribution in [-0.2, 0) is 9.59 Å². The van der Waals surface area contributed by atoms with Crippen LogP contribution in [0.15, 0.2) is 33.6 Å². The zero-order chi connectivity index (χ0) is 14.7. The van der Waals surface area contributed by atoms with E-state index in [1.54, 1.807) is 4.90 Å². The van der Waals surface area contributed by atoms with E-state index in [-0.39, 0.29) is 11.8 Å².